The lowest BCUT2D eigenvalue weighted by Crippen LogP contribution is -2.24. The molecule has 2 atom stereocenters. The van der Waals surface area contributed by atoms with Crippen molar-refractivity contribution < 1.29 is 25.2 Å². The Kier molecular flexibility index (Phi) is 3.28. The minimum atomic E-state index is -0.334. The fourth-order valence-corrected chi connectivity index (χ4v) is 2.96. The Morgan fingerprint density at radius 3 is 2.41 bits per heavy atom. The molecule has 0 bridgehead atoms. The molecule has 116 valence electrons. The van der Waals surface area contributed by atoms with Crippen molar-refractivity contribution in [2.75, 3.05) is 0 Å². The van der Waals surface area contributed by atoms with E-state index in [1.165, 1.54) is 18.2 Å². The largest absolute Gasteiger partial charge is 0.508 e. The smallest absolute Gasteiger partial charge is 0.160 e. The fourth-order valence-electron chi connectivity index (χ4n) is 2.96. The molecule has 1 aliphatic rings. The monoisotopic (exact) mass is 302 g/mol. The van der Waals surface area contributed by atoms with Crippen LogP contribution in [-0.4, -0.2) is 20.4 Å². The van der Waals surface area contributed by atoms with Crippen LogP contribution in [0.1, 0.15) is 29.7 Å². The standard InChI is InChI=1S/C17H18O5/c1-8-3-10(5-14(20)16(8)21)17-9(2)4-12-13(19)6-11(18)7-15(12)22-17/h3,5-7,9,17-21H,4H2,1-2H3. The maximum atomic E-state index is 9.92. The van der Waals surface area contributed by atoms with E-state index in [0.717, 1.165) is 5.56 Å². The Bertz CT molecular complexity index is 715. The minimum absolute atomic E-state index is 0.0185. The molecule has 5 heteroatoms. The third-order valence-electron chi connectivity index (χ3n) is 4.10. The van der Waals surface area contributed by atoms with Gasteiger partial charge in [-0.2, -0.15) is 0 Å². The van der Waals surface area contributed by atoms with Gasteiger partial charge >= 0.3 is 0 Å². The Morgan fingerprint density at radius 1 is 1.00 bits per heavy atom. The lowest BCUT2D eigenvalue weighted by Gasteiger charge is -2.32. The van der Waals surface area contributed by atoms with Crippen LogP contribution >= 0.6 is 0 Å². The molecular formula is C17H18O5. The van der Waals surface area contributed by atoms with Crippen LogP contribution < -0.4 is 4.74 Å². The van der Waals surface area contributed by atoms with Crippen LogP contribution in [0.15, 0.2) is 24.3 Å². The van der Waals surface area contributed by atoms with E-state index in [1.54, 1.807) is 13.0 Å². The zero-order valence-corrected chi connectivity index (χ0v) is 12.4. The Balaban J connectivity index is 2.03. The number of rotatable bonds is 1. The van der Waals surface area contributed by atoms with Gasteiger partial charge in [0.05, 0.1) is 0 Å². The van der Waals surface area contributed by atoms with Crippen LogP contribution in [0.3, 0.4) is 0 Å². The molecule has 1 heterocycles. The molecule has 0 amide bonds. The summed E-state index contributed by atoms with van der Waals surface area (Å²) in [6.07, 6.45) is 0.256. The first-order chi connectivity index (χ1) is 10.4. The normalized spacial score (nSPS) is 20.3. The van der Waals surface area contributed by atoms with E-state index in [2.05, 4.69) is 0 Å². The molecule has 0 saturated heterocycles. The molecule has 1 aliphatic heterocycles. The number of hydrogen-bond acceptors (Lipinski definition) is 5. The van der Waals surface area contributed by atoms with Gasteiger partial charge in [-0.25, -0.2) is 0 Å². The highest BCUT2D eigenvalue weighted by molar-refractivity contribution is 5.52. The van der Waals surface area contributed by atoms with Gasteiger partial charge in [0, 0.05) is 23.6 Å². The average molecular weight is 302 g/mol. The lowest BCUT2D eigenvalue weighted by atomic mass is 9.87. The van der Waals surface area contributed by atoms with Gasteiger partial charge < -0.3 is 25.2 Å². The minimum Gasteiger partial charge on any atom is -0.508 e. The number of phenols is 4. The molecule has 0 fully saturated rings. The van der Waals surface area contributed by atoms with E-state index in [9.17, 15) is 20.4 Å². The molecular weight excluding hydrogens is 284 g/mol. The molecule has 0 saturated carbocycles. The number of hydrogen-bond donors (Lipinski definition) is 4. The Labute approximate surface area is 128 Å². The summed E-state index contributed by atoms with van der Waals surface area (Å²) >= 11 is 0. The van der Waals surface area contributed by atoms with E-state index in [1.807, 2.05) is 6.92 Å². The highest BCUT2D eigenvalue weighted by Crippen LogP contribution is 2.45. The van der Waals surface area contributed by atoms with Crippen molar-refractivity contribution in [3.63, 3.8) is 0 Å². The van der Waals surface area contributed by atoms with Gasteiger partial charge in [0.15, 0.2) is 11.5 Å². The molecule has 4 N–H and O–H groups in total. The number of ether oxygens (including phenoxy) is 1. The molecule has 22 heavy (non-hydrogen) atoms. The summed E-state index contributed by atoms with van der Waals surface area (Å²) in [5, 5.41) is 39.0. The maximum absolute atomic E-state index is 9.92. The van der Waals surface area contributed by atoms with Crippen LogP contribution in [0.4, 0.5) is 0 Å². The van der Waals surface area contributed by atoms with E-state index >= 15 is 0 Å². The molecule has 2 aromatic rings. The second kappa shape index (κ2) is 5.02. The van der Waals surface area contributed by atoms with Gasteiger partial charge in [-0.05, 0) is 36.6 Å². The van der Waals surface area contributed by atoms with Gasteiger partial charge in [0.25, 0.3) is 0 Å². The SMILES string of the molecule is Cc1cc(C2Oc3cc(O)cc(O)c3CC2C)cc(O)c1O. The number of aromatic hydroxyl groups is 4. The molecule has 5 nitrogen and oxygen atoms in total. The number of phenolic OH excluding ortho intramolecular Hbond substituents is 4. The summed E-state index contributed by atoms with van der Waals surface area (Å²) in [5.41, 5.74) is 1.98. The molecule has 2 aromatic carbocycles. The molecule has 0 spiro atoms. The molecule has 0 aromatic heterocycles. The van der Waals surface area contributed by atoms with Gasteiger partial charge in [0.1, 0.15) is 23.4 Å². The molecule has 0 aliphatic carbocycles. The van der Waals surface area contributed by atoms with E-state index in [-0.39, 0.29) is 35.0 Å². The first-order valence-corrected chi connectivity index (χ1v) is 7.10. The van der Waals surface area contributed by atoms with Crippen LogP contribution in [0, 0.1) is 12.8 Å². The van der Waals surface area contributed by atoms with Gasteiger partial charge in [-0.3, -0.25) is 0 Å². The van der Waals surface area contributed by atoms with Crippen molar-refractivity contribution in [1.29, 1.82) is 0 Å². The number of fused-ring (bicyclic) bond motifs is 1. The fraction of sp³-hybridized carbons (Fsp3) is 0.294. The summed E-state index contributed by atoms with van der Waals surface area (Å²) in [4.78, 5) is 0. The molecule has 3 rings (SSSR count). The summed E-state index contributed by atoms with van der Waals surface area (Å²) in [5.74, 6) is 0.134. The van der Waals surface area contributed by atoms with Gasteiger partial charge in [-0.15, -0.1) is 0 Å². The van der Waals surface area contributed by atoms with Crippen LogP contribution in [0.2, 0.25) is 0 Å². The zero-order valence-electron chi connectivity index (χ0n) is 12.4. The van der Waals surface area contributed by atoms with Crippen LogP contribution in [0.5, 0.6) is 28.7 Å². The van der Waals surface area contributed by atoms with Gasteiger partial charge in [0.2, 0.25) is 0 Å². The van der Waals surface area contributed by atoms with E-state index in [4.69, 9.17) is 4.74 Å². The molecule has 0 radical (unpaired) electrons. The summed E-state index contributed by atoms with van der Waals surface area (Å²) in [6, 6.07) is 6.02. The van der Waals surface area contributed by atoms with E-state index < -0.39 is 0 Å². The first kappa shape index (κ1) is 14.4. The predicted octanol–water partition coefficient (Wildman–Crippen LogP) is 3.13. The second-order valence-corrected chi connectivity index (χ2v) is 5.87. The Hall–Kier alpha value is -2.56. The van der Waals surface area contributed by atoms with Crippen LogP contribution in [-0.2, 0) is 6.42 Å². The highest BCUT2D eigenvalue weighted by Gasteiger charge is 2.31. The van der Waals surface area contributed by atoms with Crippen molar-refractivity contribution in [3.05, 3.63) is 41.0 Å². The van der Waals surface area contributed by atoms with Crippen molar-refractivity contribution in [1.82, 2.24) is 0 Å². The second-order valence-electron chi connectivity index (χ2n) is 5.87. The zero-order chi connectivity index (χ0) is 16.0. The third kappa shape index (κ3) is 2.28. The number of benzene rings is 2. The van der Waals surface area contributed by atoms with Gasteiger partial charge in [-0.1, -0.05) is 6.92 Å². The topological polar surface area (TPSA) is 90.2 Å². The van der Waals surface area contributed by atoms with Crippen molar-refractivity contribution in [2.24, 2.45) is 5.92 Å². The van der Waals surface area contributed by atoms with Crippen molar-refractivity contribution >= 4 is 0 Å². The summed E-state index contributed by atoms with van der Waals surface area (Å²) in [6.45, 7) is 3.69. The summed E-state index contributed by atoms with van der Waals surface area (Å²) < 4.78 is 5.93. The van der Waals surface area contributed by atoms with E-state index in [0.29, 0.717) is 23.3 Å². The summed E-state index contributed by atoms with van der Waals surface area (Å²) in [7, 11) is 0. The quantitative estimate of drug-likeness (QED) is 0.608. The van der Waals surface area contributed by atoms with Crippen molar-refractivity contribution in [3.8, 4) is 28.7 Å². The average Bonchev–Trinajstić information content (AvgIpc) is 2.44. The lowest BCUT2D eigenvalue weighted by molar-refractivity contribution is 0.121. The first-order valence-electron chi connectivity index (χ1n) is 7.10. The number of aryl methyl sites for hydroxylation is 1. The third-order valence-corrected chi connectivity index (χ3v) is 4.10. The highest BCUT2D eigenvalue weighted by atomic mass is 16.5. The maximum Gasteiger partial charge on any atom is 0.160 e. The van der Waals surface area contributed by atoms with Crippen LogP contribution in [0.25, 0.3) is 0 Å². The van der Waals surface area contributed by atoms with Crippen molar-refractivity contribution in [2.45, 2.75) is 26.4 Å². The predicted molar refractivity (Wildman–Crippen MR) is 80.5 cm³/mol. The Morgan fingerprint density at radius 2 is 1.73 bits per heavy atom. The molecule has 2 unspecified atom stereocenters.